The van der Waals surface area contributed by atoms with Crippen molar-refractivity contribution in [3.63, 3.8) is 0 Å². The Labute approximate surface area is 250 Å². The molecule has 10 nitrogen and oxygen atoms in total. The molecule has 0 bridgehead atoms. The predicted octanol–water partition coefficient (Wildman–Crippen LogP) is 4.38. The van der Waals surface area contributed by atoms with E-state index in [-0.39, 0.29) is 43.5 Å². The van der Waals surface area contributed by atoms with E-state index in [2.05, 4.69) is 28.8 Å². The average Bonchev–Trinajstić information content (AvgIpc) is 3.59. The molecule has 3 aliphatic heterocycles. The lowest BCUT2D eigenvalue weighted by Crippen LogP contribution is -2.30. The minimum atomic E-state index is -0.941. The first kappa shape index (κ1) is 31.0. The van der Waals surface area contributed by atoms with Crippen LogP contribution in [0.2, 0.25) is 0 Å². The normalized spacial score (nSPS) is 20.4. The minimum Gasteiger partial charge on any atom is -0.481 e. The van der Waals surface area contributed by atoms with Gasteiger partial charge < -0.3 is 25.8 Å². The number of aliphatic imine (C=N–C) groups is 1. The van der Waals surface area contributed by atoms with Gasteiger partial charge in [0.1, 0.15) is 0 Å². The maximum absolute atomic E-state index is 12.3. The zero-order valence-electron chi connectivity index (χ0n) is 24.8. The molecule has 0 saturated heterocycles. The van der Waals surface area contributed by atoms with Crippen LogP contribution in [0.15, 0.2) is 81.2 Å². The summed E-state index contributed by atoms with van der Waals surface area (Å²) in [7, 11) is 0. The Balaban J connectivity index is 1.80. The number of allylic oxidation sites excluding steroid dienone is 4. The van der Waals surface area contributed by atoms with E-state index >= 15 is 0 Å². The van der Waals surface area contributed by atoms with E-state index in [9.17, 15) is 29.4 Å². The number of nitrogens with zero attached hydrogens (tertiary/aromatic N) is 1. The summed E-state index contributed by atoms with van der Waals surface area (Å²) >= 11 is 0. The molecule has 1 atom stereocenters. The van der Waals surface area contributed by atoms with E-state index in [4.69, 9.17) is 4.99 Å². The van der Waals surface area contributed by atoms with E-state index < -0.39 is 11.9 Å². The van der Waals surface area contributed by atoms with Gasteiger partial charge in [-0.05, 0) is 86.1 Å². The second-order valence-electron chi connectivity index (χ2n) is 10.8. The van der Waals surface area contributed by atoms with E-state index in [0.29, 0.717) is 40.4 Å². The van der Waals surface area contributed by atoms with Crippen LogP contribution in [0.4, 0.5) is 0 Å². The summed E-state index contributed by atoms with van der Waals surface area (Å²) in [5.41, 5.74) is 9.15. The largest absolute Gasteiger partial charge is 0.481 e. The molecule has 10 heteroatoms. The molecule has 0 spiro atoms. The van der Waals surface area contributed by atoms with Crippen LogP contribution in [0, 0.1) is 6.92 Å². The lowest BCUT2D eigenvalue weighted by Gasteiger charge is -2.13. The standard InChI is InChI=1S/C33H36N4O6/c1-7-20-19(6)32(42)37-27(20)14-25-18(5)23(10-12-31(40)41)29(35-25)15-28-22(9-11-30(38)39)17(4)24(34-28)13-26-16(3)21(8-2)33(43)36-26/h7-8,13,15,27,35H,1-2,9-12,14H2,3-6H3,(H,36,43)(H,37,42)(H,38,39)(H,40,41)/b26-13-,28-15-/t27-/m1/s1. The van der Waals surface area contributed by atoms with Gasteiger partial charge in [-0.25, -0.2) is 4.99 Å². The summed E-state index contributed by atoms with van der Waals surface area (Å²) < 4.78 is 0. The van der Waals surface area contributed by atoms with E-state index in [1.54, 1.807) is 19.1 Å². The first-order valence-electron chi connectivity index (χ1n) is 14.0. The number of carboxylic acid groups (broad SMARTS) is 2. The Morgan fingerprint density at radius 2 is 1.58 bits per heavy atom. The molecule has 2 amide bonds. The number of amides is 2. The number of hydrogen-bond acceptors (Lipinski definition) is 5. The van der Waals surface area contributed by atoms with Crippen molar-refractivity contribution >= 4 is 35.5 Å². The number of carbonyl (C=O) groups excluding carboxylic acids is 2. The molecule has 0 radical (unpaired) electrons. The van der Waals surface area contributed by atoms with E-state index in [1.807, 2.05) is 26.8 Å². The zero-order chi connectivity index (χ0) is 31.6. The van der Waals surface area contributed by atoms with Crippen molar-refractivity contribution in [1.29, 1.82) is 0 Å². The predicted molar refractivity (Wildman–Crippen MR) is 164 cm³/mol. The molecule has 4 heterocycles. The monoisotopic (exact) mass is 584 g/mol. The highest BCUT2D eigenvalue weighted by molar-refractivity contribution is 6.14. The highest BCUT2D eigenvalue weighted by Gasteiger charge is 2.29. The molecular formula is C33H36N4O6. The Hall–Kier alpha value is -4.99. The van der Waals surface area contributed by atoms with Crippen LogP contribution in [-0.4, -0.2) is 50.7 Å². The molecule has 5 N–H and O–H groups in total. The second kappa shape index (κ2) is 12.5. The third-order valence-electron chi connectivity index (χ3n) is 8.23. The van der Waals surface area contributed by atoms with Crippen LogP contribution in [0.3, 0.4) is 0 Å². The molecule has 3 aliphatic rings. The van der Waals surface area contributed by atoms with E-state index in [0.717, 1.165) is 39.1 Å². The number of aliphatic carboxylic acids is 2. The number of carbonyl (C=O) groups is 4. The summed E-state index contributed by atoms with van der Waals surface area (Å²) in [6.07, 6.45) is 7.56. The Bertz CT molecular complexity index is 1660. The number of H-pyrrole nitrogens is 1. The average molecular weight is 585 g/mol. The molecule has 0 unspecified atom stereocenters. The van der Waals surface area contributed by atoms with Crippen molar-refractivity contribution in [1.82, 2.24) is 15.6 Å². The van der Waals surface area contributed by atoms with Gasteiger partial charge in [-0.1, -0.05) is 25.3 Å². The van der Waals surface area contributed by atoms with Gasteiger partial charge in [-0.15, -0.1) is 0 Å². The lowest BCUT2D eigenvalue weighted by atomic mass is 9.97. The van der Waals surface area contributed by atoms with Crippen LogP contribution < -0.4 is 10.6 Å². The lowest BCUT2D eigenvalue weighted by molar-refractivity contribution is -0.138. The second-order valence-corrected chi connectivity index (χ2v) is 10.8. The molecular weight excluding hydrogens is 548 g/mol. The van der Waals surface area contributed by atoms with Crippen molar-refractivity contribution in [3.05, 3.63) is 98.7 Å². The van der Waals surface area contributed by atoms with Crippen molar-refractivity contribution in [2.45, 2.75) is 65.8 Å². The van der Waals surface area contributed by atoms with Gasteiger partial charge in [0.05, 0.1) is 17.5 Å². The number of aromatic nitrogens is 1. The topological polar surface area (TPSA) is 161 Å². The summed E-state index contributed by atoms with van der Waals surface area (Å²) in [6.45, 7) is 14.9. The van der Waals surface area contributed by atoms with Crippen molar-refractivity contribution in [2.75, 3.05) is 0 Å². The SMILES string of the molecule is C=CC1=C(C)/C(=C/C2=NC(=C\c3[nH]c(C[C@H]4NC(=O)C(C)=C4C=C)c(C)c3CCC(=O)O)/C(CCC(=O)O)=C2C)NC1=O. The van der Waals surface area contributed by atoms with Crippen LogP contribution in [-0.2, 0) is 32.0 Å². The first-order chi connectivity index (χ1) is 20.4. The number of rotatable bonds is 12. The zero-order valence-corrected chi connectivity index (χ0v) is 24.8. The fraction of sp³-hybridized carbons (Fsp3) is 0.303. The Morgan fingerprint density at radius 1 is 0.907 bits per heavy atom. The minimum absolute atomic E-state index is 0.0797. The number of carboxylic acids is 2. The van der Waals surface area contributed by atoms with Gasteiger partial charge >= 0.3 is 11.9 Å². The summed E-state index contributed by atoms with van der Waals surface area (Å²) in [6, 6.07) is -0.274. The van der Waals surface area contributed by atoms with Gasteiger partial charge in [0.15, 0.2) is 0 Å². The van der Waals surface area contributed by atoms with Gasteiger partial charge in [0.2, 0.25) is 5.91 Å². The highest BCUT2D eigenvalue weighted by Crippen LogP contribution is 2.34. The number of nitrogens with one attached hydrogen (secondary N) is 3. The quantitative estimate of drug-likeness (QED) is 0.245. The molecule has 0 fully saturated rings. The number of aromatic amines is 1. The molecule has 1 aromatic heterocycles. The Kier molecular flexibility index (Phi) is 8.99. The molecule has 43 heavy (non-hydrogen) atoms. The third kappa shape index (κ3) is 6.28. The van der Waals surface area contributed by atoms with Gasteiger partial charge in [-0.2, -0.15) is 0 Å². The molecule has 1 aromatic rings. The summed E-state index contributed by atoms with van der Waals surface area (Å²) in [5, 5.41) is 24.7. The Morgan fingerprint density at radius 3 is 2.19 bits per heavy atom. The van der Waals surface area contributed by atoms with Crippen LogP contribution in [0.25, 0.3) is 6.08 Å². The molecule has 224 valence electrons. The smallest absolute Gasteiger partial charge is 0.303 e. The molecule has 0 saturated carbocycles. The summed E-state index contributed by atoms with van der Waals surface area (Å²) in [4.78, 5) is 55.9. The maximum Gasteiger partial charge on any atom is 0.303 e. The van der Waals surface area contributed by atoms with E-state index in [1.165, 1.54) is 6.08 Å². The van der Waals surface area contributed by atoms with Crippen LogP contribution in [0.5, 0.6) is 0 Å². The van der Waals surface area contributed by atoms with Gasteiger partial charge in [-0.3, -0.25) is 19.2 Å². The fourth-order valence-electron chi connectivity index (χ4n) is 5.69. The highest BCUT2D eigenvalue weighted by atomic mass is 16.4. The van der Waals surface area contributed by atoms with Crippen molar-refractivity contribution in [3.8, 4) is 0 Å². The fourth-order valence-corrected chi connectivity index (χ4v) is 5.69. The van der Waals surface area contributed by atoms with Crippen LogP contribution >= 0.6 is 0 Å². The van der Waals surface area contributed by atoms with Gasteiger partial charge in [0.25, 0.3) is 5.91 Å². The number of hydrogen-bond donors (Lipinski definition) is 5. The first-order valence-corrected chi connectivity index (χ1v) is 14.0. The molecule has 0 aromatic carbocycles. The maximum atomic E-state index is 12.3. The third-order valence-corrected chi connectivity index (χ3v) is 8.23. The molecule has 4 rings (SSSR count). The van der Waals surface area contributed by atoms with Crippen molar-refractivity contribution < 1.29 is 29.4 Å². The summed E-state index contributed by atoms with van der Waals surface area (Å²) in [5.74, 6) is -2.26. The van der Waals surface area contributed by atoms with Crippen LogP contribution in [0.1, 0.15) is 62.5 Å². The van der Waals surface area contributed by atoms with Crippen molar-refractivity contribution in [2.24, 2.45) is 4.99 Å². The molecule has 0 aliphatic carbocycles. The van der Waals surface area contributed by atoms with Gasteiger partial charge in [0, 0.05) is 47.5 Å².